The quantitative estimate of drug-likeness (QED) is 0.775. The van der Waals surface area contributed by atoms with Crippen molar-refractivity contribution in [1.82, 2.24) is 9.62 Å². The minimum Gasteiger partial charge on any atom is -0.343 e. The maximum absolute atomic E-state index is 14.0. The molecular weight excluding hydrogens is 423 g/mol. The van der Waals surface area contributed by atoms with Crippen LogP contribution in [0.2, 0.25) is 0 Å². The lowest BCUT2D eigenvalue weighted by Crippen LogP contribution is -2.35. The molecule has 0 radical (unpaired) electrons. The van der Waals surface area contributed by atoms with Gasteiger partial charge in [0.1, 0.15) is 10.7 Å². The molecule has 0 spiro atoms. The highest BCUT2D eigenvalue weighted by Gasteiger charge is 2.45. The summed E-state index contributed by atoms with van der Waals surface area (Å²) in [5.41, 5.74) is 0.639. The second-order valence-electron chi connectivity index (χ2n) is 6.48. The van der Waals surface area contributed by atoms with E-state index in [2.05, 4.69) is 21.2 Å². The van der Waals surface area contributed by atoms with Crippen LogP contribution in [0.25, 0.3) is 0 Å². The number of rotatable bonds is 5. The third kappa shape index (κ3) is 3.54. The molecular formula is C18H18BrFN2O3S. The van der Waals surface area contributed by atoms with Crippen LogP contribution < -0.4 is 5.32 Å². The zero-order valence-corrected chi connectivity index (χ0v) is 16.7. The largest absolute Gasteiger partial charge is 0.343 e. The Bertz CT molecular complexity index is 955. The van der Waals surface area contributed by atoms with Crippen molar-refractivity contribution in [3.05, 3.63) is 63.9 Å². The number of amides is 1. The molecule has 1 aliphatic carbocycles. The van der Waals surface area contributed by atoms with E-state index in [0.717, 1.165) is 39.3 Å². The van der Waals surface area contributed by atoms with E-state index in [4.69, 9.17) is 0 Å². The molecule has 0 aromatic heterocycles. The molecule has 1 N–H and O–H groups in total. The van der Waals surface area contributed by atoms with Gasteiger partial charge < -0.3 is 5.32 Å². The van der Waals surface area contributed by atoms with E-state index >= 15 is 0 Å². The third-order valence-corrected chi connectivity index (χ3v) is 6.81. The van der Waals surface area contributed by atoms with Gasteiger partial charge in [0.15, 0.2) is 0 Å². The van der Waals surface area contributed by atoms with Gasteiger partial charge >= 0.3 is 0 Å². The number of carbonyl (C=O) groups is 1. The summed E-state index contributed by atoms with van der Waals surface area (Å²) in [6, 6.07) is 11.1. The van der Waals surface area contributed by atoms with Crippen molar-refractivity contribution in [2.75, 3.05) is 14.1 Å². The lowest BCUT2D eigenvalue weighted by atomic mass is 10.0. The number of benzene rings is 2. The molecule has 0 bridgehead atoms. The maximum atomic E-state index is 14.0. The van der Waals surface area contributed by atoms with Crippen LogP contribution in [0.1, 0.15) is 28.8 Å². The normalized spacial score (nSPS) is 15.7. The summed E-state index contributed by atoms with van der Waals surface area (Å²) >= 11 is 3.38. The van der Waals surface area contributed by atoms with Gasteiger partial charge in [-0.1, -0.05) is 28.1 Å². The molecule has 0 heterocycles. The minimum absolute atomic E-state index is 0.107. The number of hydrogen-bond acceptors (Lipinski definition) is 3. The molecule has 1 aliphatic rings. The van der Waals surface area contributed by atoms with Crippen molar-refractivity contribution < 1.29 is 17.6 Å². The number of hydrogen-bond donors (Lipinski definition) is 1. The van der Waals surface area contributed by atoms with Gasteiger partial charge in [-0.25, -0.2) is 17.1 Å². The summed E-state index contributed by atoms with van der Waals surface area (Å²) < 4.78 is 40.3. The lowest BCUT2D eigenvalue weighted by molar-refractivity contribution is 0.0930. The topological polar surface area (TPSA) is 66.5 Å². The lowest BCUT2D eigenvalue weighted by Gasteiger charge is -2.19. The van der Waals surface area contributed by atoms with Crippen LogP contribution in [0.5, 0.6) is 0 Å². The summed E-state index contributed by atoms with van der Waals surface area (Å²) in [5.74, 6) is -1.31. The Kier molecular flexibility index (Phi) is 4.94. The highest BCUT2D eigenvalue weighted by molar-refractivity contribution is 9.10. The number of nitrogens with zero attached hydrogens (tertiary/aromatic N) is 1. The Labute approximate surface area is 160 Å². The highest BCUT2D eigenvalue weighted by Crippen LogP contribution is 2.45. The molecule has 1 fully saturated rings. The molecule has 0 unspecified atom stereocenters. The van der Waals surface area contributed by atoms with Gasteiger partial charge in [-0.05, 0) is 48.7 Å². The predicted molar refractivity (Wildman–Crippen MR) is 99.8 cm³/mol. The first-order chi connectivity index (χ1) is 12.2. The first kappa shape index (κ1) is 19.0. The van der Waals surface area contributed by atoms with Crippen molar-refractivity contribution in [2.24, 2.45) is 0 Å². The average Bonchev–Trinajstić information content (AvgIpc) is 3.36. The van der Waals surface area contributed by atoms with Crippen LogP contribution >= 0.6 is 15.9 Å². The van der Waals surface area contributed by atoms with Crippen molar-refractivity contribution in [2.45, 2.75) is 23.3 Å². The fourth-order valence-corrected chi connectivity index (χ4v) is 3.96. The SMILES string of the molecule is CN(C)S(=O)(=O)c1cc(C(=O)NC2(c3ccc(Br)cc3)CC2)ccc1F. The van der Waals surface area contributed by atoms with E-state index in [0.29, 0.717) is 0 Å². The second kappa shape index (κ2) is 6.75. The average molecular weight is 441 g/mol. The zero-order chi connectivity index (χ0) is 19.1. The molecule has 3 rings (SSSR count). The van der Waals surface area contributed by atoms with Gasteiger partial charge in [-0.15, -0.1) is 0 Å². The zero-order valence-electron chi connectivity index (χ0n) is 14.3. The van der Waals surface area contributed by atoms with E-state index < -0.39 is 32.2 Å². The third-order valence-electron chi connectivity index (χ3n) is 4.45. The number of sulfonamides is 1. The molecule has 0 atom stereocenters. The molecule has 1 amide bonds. The molecule has 2 aromatic rings. The van der Waals surface area contributed by atoms with Crippen LogP contribution in [0.3, 0.4) is 0 Å². The van der Waals surface area contributed by atoms with Crippen LogP contribution in [0, 0.1) is 5.82 Å². The summed E-state index contributed by atoms with van der Waals surface area (Å²) in [4.78, 5) is 12.1. The number of carbonyl (C=O) groups excluding carboxylic acids is 1. The molecule has 1 saturated carbocycles. The van der Waals surface area contributed by atoms with E-state index in [1.54, 1.807) is 0 Å². The molecule has 138 valence electrons. The van der Waals surface area contributed by atoms with Gasteiger partial charge in [-0.2, -0.15) is 0 Å². The van der Waals surface area contributed by atoms with Gasteiger partial charge in [-0.3, -0.25) is 4.79 Å². The molecule has 26 heavy (non-hydrogen) atoms. The van der Waals surface area contributed by atoms with Gasteiger partial charge in [0.05, 0.1) is 5.54 Å². The van der Waals surface area contributed by atoms with Crippen LogP contribution in [-0.4, -0.2) is 32.7 Å². The first-order valence-corrected chi connectivity index (χ1v) is 10.2. The molecule has 5 nitrogen and oxygen atoms in total. The van der Waals surface area contributed by atoms with Crippen molar-refractivity contribution in [1.29, 1.82) is 0 Å². The molecule has 2 aromatic carbocycles. The van der Waals surface area contributed by atoms with Gasteiger partial charge in [0, 0.05) is 24.1 Å². The number of halogens is 2. The predicted octanol–water partition coefficient (Wildman–Crippen LogP) is 3.26. The van der Waals surface area contributed by atoms with E-state index in [1.807, 2.05) is 24.3 Å². The van der Waals surface area contributed by atoms with E-state index in [-0.39, 0.29) is 5.56 Å². The Morgan fingerprint density at radius 2 is 1.77 bits per heavy atom. The van der Waals surface area contributed by atoms with Crippen LogP contribution in [0.15, 0.2) is 51.8 Å². The highest BCUT2D eigenvalue weighted by atomic mass is 79.9. The van der Waals surface area contributed by atoms with Crippen molar-refractivity contribution in [3.8, 4) is 0 Å². The van der Waals surface area contributed by atoms with Gasteiger partial charge in [0.2, 0.25) is 10.0 Å². The second-order valence-corrected chi connectivity index (χ2v) is 9.51. The van der Waals surface area contributed by atoms with Crippen molar-refractivity contribution >= 4 is 31.9 Å². The smallest absolute Gasteiger partial charge is 0.252 e. The summed E-state index contributed by atoms with van der Waals surface area (Å²) in [7, 11) is -1.35. The maximum Gasteiger partial charge on any atom is 0.252 e. The minimum atomic E-state index is -3.98. The standard InChI is InChI=1S/C18H18BrFN2O3S/c1-22(2)26(24,25)16-11-12(3-8-15(16)20)17(23)21-18(9-10-18)13-4-6-14(19)7-5-13/h3-8,11H,9-10H2,1-2H3,(H,21,23). The number of nitrogens with one attached hydrogen (secondary N) is 1. The molecule has 8 heteroatoms. The molecule has 0 aliphatic heterocycles. The fourth-order valence-electron chi connectivity index (χ4n) is 2.71. The first-order valence-electron chi connectivity index (χ1n) is 7.96. The van der Waals surface area contributed by atoms with E-state index in [9.17, 15) is 17.6 Å². The van der Waals surface area contributed by atoms with E-state index in [1.165, 1.54) is 20.2 Å². The Hall–Kier alpha value is -1.77. The Balaban J connectivity index is 1.88. The summed E-state index contributed by atoms with van der Waals surface area (Å²) in [6.45, 7) is 0. The van der Waals surface area contributed by atoms with Gasteiger partial charge in [0.25, 0.3) is 5.91 Å². The summed E-state index contributed by atoms with van der Waals surface area (Å²) in [5, 5.41) is 2.96. The Morgan fingerprint density at radius 3 is 2.31 bits per heavy atom. The van der Waals surface area contributed by atoms with Crippen LogP contribution in [-0.2, 0) is 15.6 Å². The van der Waals surface area contributed by atoms with Crippen LogP contribution in [0.4, 0.5) is 4.39 Å². The van der Waals surface area contributed by atoms with Crippen molar-refractivity contribution in [3.63, 3.8) is 0 Å². The fraction of sp³-hybridized carbons (Fsp3) is 0.278. The summed E-state index contributed by atoms with van der Waals surface area (Å²) in [6.07, 6.45) is 1.59. The molecule has 0 saturated heterocycles. The monoisotopic (exact) mass is 440 g/mol. The Morgan fingerprint density at radius 1 is 1.15 bits per heavy atom.